The van der Waals surface area contributed by atoms with Gasteiger partial charge in [-0.1, -0.05) is 29.8 Å². The van der Waals surface area contributed by atoms with E-state index in [0.29, 0.717) is 13.0 Å². The summed E-state index contributed by atoms with van der Waals surface area (Å²) in [5.41, 5.74) is 2.60. The van der Waals surface area contributed by atoms with Crippen LogP contribution in [-0.2, 0) is 17.8 Å². The van der Waals surface area contributed by atoms with Gasteiger partial charge < -0.3 is 5.32 Å². The van der Waals surface area contributed by atoms with E-state index in [-0.39, 0.29) is 17.4 Å². The minimum atomic E-state index is -0.462. The monoisotopic (exact) mass is 374 g/mol. The summed E-state index contributed by atoms with van der Waals surface area (Å²) in [4.78, 5) is 17.6. The Labute approximate surface area is 154 Å². The maximum absolute atomic E-state index is 13.4. The van der Waals surface area contributed by atoms with Crippen molar-refractivity contribution in [3.05, 3.63) is 76.0 Å². The standard InChI is InChI=1S/C19H16ClFN2OS/c20-15-7-5-13(11-16(15)21)6-8-18(24)23-12-14-3-1-9-22-19(14)17-4-2-10-25-17/h1-5,7,9-11H,6,8,12H2,(H,23,24). The quantitative estimate of drug-likeness (QED) is 0.670. The Morgan fingerprint density at radius 2 is 2.12 bits per heavy atom. The van der Waals surface area contributed by atoms with Crippen molar-refractivity contribution in [2.45, 2.75) is 19.4 Å². The predicted octanol–water partition coefficient (Wildman–Crippen LogP) is 4.85. The molecule has 1 N–H and O–H groups in total. The summed E-state index contributed by atoms with van der Waals surface area (Å²) in [6, 6.07) is 12.4. The number of benzene rings is 1. The number of hydrogen-bond donors (Lipinski definition) is 1. The number of thiophene rings is 1. The van der Waals surface area contributed by atoms with Crippen molar-refractivity contribution in [3.63, 3.8) is 0 Å². The summed E-state index contributed by atoms with van der Waals surface area (Å²) in [5.74, 6) is -0.549. The molecule has 128 valence electrons. The average molecular weight is 375 g/mol. The lowest BCUT2D eigenvalue weighted by Gasteiger charge is -2.09. The Bertz CT molecular complexity index is 868. The van der Waals surface area contributed by atoms with Gasteiger partial charge in [-0.15, -0.1) is 11.3 Å². The van der Waals surface area contributed by atoms with E-state index in [9.17, 15) is 9.18 Å². The summed E-state index contributed by atoms with van der Waals surface area (Å²) >= 11 is 7.27. The van der Waals surface area contributed by atoms with Gasteiger partial charge in [0.1, 0.15) is 5.82 Å². The van der Waals surface area contributed by atoms with Gasteiger partial charge in [-0.3, -0.25) is 9.78 Å². The third kappa shape index (κ3) is 4.65. The van der Waals surface area contributed by atoms with Gasteiger partial charge in [0, 0.05) is 19.2 Å². The fourth-order valence-electron chi connectivity index (χ4n) is 2.45. The van der Waals surface area contributed by atoms with Crippen molar-refractivity contribution in [2.75, 3.05) is 0 Å². The second kappa shape index (κ2) is 8.23. The van der Waals surface area contributed by atoms with Gasteiger partial charge in [-0.05, 0) is 47.2 Å². The molecule has 6 heteroatoms. The largest absolute Gasteiger partial charge is 0.352 e. The molecular formula is C19H16ClFN2OS. The molecule has 0 spiro atoms. The number of pyridine rings is 1. The molecule has 0 atom stereocenters. The third-order valence-electron chi connectivity index (χ3n) is 3.75. The number of halogens is 2. The highest BCUT2D eigenvalue weighted by molar-refractivity contribution is 7.13. The second-order valence-electron chi connectivity index (χ2n) is 5.51. The highest BCUT2D eigenvalue weighted by Gasteiger charge is 2.09. The van der Waals surface area contributed by atoms with Crippen LogP contribution in [0, 0.1) is 5.82 Å². The van der Waals surface area contributed by atoms with Gasteiger partial charge in [0.05, 0.1) is 15.6 Å². The molecule has 2 aromatic heterocycles. The molecule has 0 aliphatic heterocycles. The number of rotatable bonds is 6. The van der Waals surface area contributed by atoms with Crippen LogP contribution in [0.4, 0.5) is 4.39 Å². The van der Waals surface area contributed by atoms with Gasteiger partial charge in [0.25, 0.3) is 0 Å². The Hall–Kier alpha value is -2.24. The van der Waals surface area contributed by atoms with Crippen molar-refractivity contribution >= 4 is 28.8 Å². The Balaban J connectivity index is 1.57. The Morgan fingerprint density at radius 3 is 2.88 bits per heavy atom. The van der Waals surface area contributed by atoms with Gasteiger partial charge in [0.15, 0.2) is 0 Å². The highest BCUT2D eigenvalue weighted by Crippen LogP contribution is 2.25. The SMILES string of the molecule is O=C(CCc1ccc(Cl)c(F)c1)NCc1cccnc1-c1cccs1. The molecule has 1 aromatic carbocycles. The van der Waals surface area contributed by atoms with Crippen LogP contribution in [-0.4, -0.2) is 10.9 Å². The Kier molecular flexibility index (Phi) is 5.79. The number of hydrogen-bond acceptors (Lipinski definition) is 3. The fraction of sp³-hybridized carbons (Fsp3) is 0.158. The number of nitrogens with zero attached hydrogens (tertiary/aromatic N) is 1. The molecule has 25 heavy (non-hydrogen) atoms. The average Bonchev–Trinajstić information content (AvgIpc) is 3.15. The van der Waals surface area contributed by atoms with Crippen LogP contribution in [0.15, 0.2) is 54.0 Å². The van der Waals surface area contributed by atoms with E-state index >= 15 is 0 Å². The van der Waals surface area contributed by atoms with Crippen LogP contribution in [0.1, 0.15) is 17.5 Å². The minimum Gasteiger partial charge on any atom is -0.352 e. The predicted molar refractivity (Wildman–Crippen MR) is 99.1 cm³/mol. The first kappa shape index (κ1) is 17.6. The molecule has 3 aromatic rings. The summed E-state index contributed by atoms with van der Waals surface area (Å²) in [5, 5.41) is 4.99. The molecule has 3 nitrogen and oxygen atoms in total. The summed E-state index contributed by atoms with van der Waals surface area (Å²) in [7, 11) is 0. The van der Waals surface area contributed by atoms with Crippen molar-refractivity contribution < 1.29 is 9.18 Å². The van der Waals surface area contributed by atoms with E-state index in [4.69, 9.17) is 11.6 Å². The molecule has 0 radical (unpaired) electrons. The zero-order valence-corrected chi connectivity index (χ0v) is 14.9. The Morgan fingerprint density at radius 1 is 1.24 bits per heavy atom. The maximum Gasteiger partial charge on any atom is 0.220 e. The molecule has 1 amide bonds. The first-order valence-electron chi connectivity index (χ1n) is 7.82. The third-order valence-corrected chi connectivity index (χ3v) is 4.93. The molecule has 0 aliphatic rings. The van der Waals surface area contributed by atoms with E-state index in [1.165, 1.54) is 12.1 Å². The highest BCUT2D eigenvalue weighted by atomic mass is 35.5. The molecule has 0 saturated heterocycles. The molecule has 0 aliphatic carbocycles. The number of carbonyl (C=O) groups excluding carboxylic acids is 1. The van der Waals surface area contributed by atoms with Crippen LogP contribution in [0.3, 0.4) is 0 Å². The first-order valence-corrected chi connectivity index (χ1v) is 9.07. The molecule has 2 heterocycles. The van der Waals surface area contributed by atoms with Crippen molar-refractivity contribution in [1.82, 2.24) is 10.3 Å². The van der Waals surface area contributed by atoms with Gasteiger partial charge >= 0.3 is 0 Å². The number of aromatic nitrogens is 1. The van der Waals surface area contributed by atoms with Crippen LogP contribution < -0.4 is 5.32 Å². The zero-order chi connectivity index (χ0) is 17.6. The molecule has 3 rings (SSSR count). The second-order valence-corrected chi connectivity index (χ2v) is 6.87. The van der Waals surface area contributed by atoms with Crippen LogP contribution >= 0.6 is 22.9 Å². The van der Waals surface area contributed by atoms with Gasteiger partial charge in [-0.25, -0.2) is 4.39 Å². The first-order chi connectivity index (χ1) is 12.1. The molecule has 0 unspecified atom stereocenters. The molecule has 0 fully saturated rings. The number of aryl methyl sites for hydroxylation is 1. The normalized spacial score (nSPS) is 10.6. The van der Waals surface area contributed by atoms with Crippen molar-refractivity contribution in [1.29, 1.82) is 0 Å². The molecule has 0 saturated carbocycles. The van der Waals surface area contributed by atoms with E-state index in [1.54, 1.807) is 23.6 Å². The van der Waals surface area contributed by atoms with E-state index in [2.05, 4.69) is 10.3 Å². The minimum absolute atomic E-state index is 0.0867. The van der Waals surface area contributed by atoms with E-state index in [1.807, 2.05) is 29.6 Å². The number of amides is 1. The smallest absolute Gasteiger partial charge is 0.220 e. The van der Waals surface area contributed by atoms with Crippen LogP contribution in [0.5, 0.6) is 0 Å². The lowest BCUT2D eigenvalue weighted by Crippen LogP contribution is -2.23. The topological polar surface area (TPSA) is 42.0 Å². The zero-order valence-electron chi connectivity index (χ0n) is 13.3. The summed E-state index contributed by atoms with van der Waals surface area (Å²) in [6.45, 7) is 0.412. The van der Waals surface area contributed by atoms with E-state index < -0.39 is 5.82 Å². The number of nitrogens with one attached hydrogen (secondary N) is 1. The molecular weight excluding hydrogens is 359 g/mol. The number of carbonyl (C=O) groups is 1. The van der Waals surface area contributed by atoms with Crippen molar-refractivity contribution in [2.24, 2.45) is 0 Å². The van der Waals surface area contributed by atoms with Gasteiger partial charge in [0.2, 0.25) is 5.91 Å². The summed E-state index contributed by atoms with van der Waals surface area (Å²) in [6.07, 6.45) is 2.50. The summed E-state index contributed by atoms with van der Waals surface area (Å²) < 4.78 is 13.4. The van der Waals surface area contributed by atoms with Crippen LogP contribution in [0.25, 0.3) is 10.6 Å². The van der Waals surface area contributed by atoms with Crippen LogP contribution in [0.2, 0.25) is 5.02 Å². The van der Waals surface area contributed by atoms with Gasteiger partial charge in [-0.2, -0.15) is 0 Å². The maximum atomic E-state index is 13.4. The van der Waals surface area contributed by atoms with Crippen molar-refractivity contribution in [3.8, 4) is 10.6 Å². The lowest BCUT2D eigenvalue weighted by atomic mass is 10.1. The van der Waals surface area contributed by atoms with E-state index in [0.717, 1.165) is 21.7 Å². The lowest BCUT2D eigenvalue weighted by molar-refractivity contribution is -0.121. The molecule has 0 bridgehead atoms. The fourth-order valence-corrected chi connectivity index (χ4v) is 3.33.